The normalized spacial score (nSPS) is 11.9. The molecule has 0 fully saturated rings. The van der Waals surface area contributed by atoms with Crippen LogP contribution in [-0.2, 0) is 6.42 Å². The van der Waals surface area contributed by atoms with Crippen molar-refractivity contribution in [3.63, 3.8) is 0 Å². The van der Waals surface area contributed by atoms with Crippen LogP contribution in [0.4, 0.5) is 5.13 Å². The van der Waals surface area contributed by atoms with Gasteiger partial charge in [0, 0.05) is 11.3 Å². The molecule has 0 radical (unpaired) electrons. The molecule has 3 rings (SSSR count). The van der Waals surface area contributed by atoms with Crippen molar-refractivity contribution < 1.29 is 9.47 Å². The third kappa shape index (κ3) is 4.31. The first kappa shape index (κ1) is 17.3. The number of benzene rings is 2. The molecule has 1 heterocycles. The molecule has 2 aromatic carbocycles. The van der Waals surface area contributed by atoms with Crippen molar-refractivity contribution in [3.05, 3.63) is 70.7 Å². The smallest absolute Gasteiger partial charge is 0.180 e. The molecule has 0 spiro atoms. The Labute approximate surface area is 152 Å². The van der Waals surface area contributed by atoms with E-state index in [0.29, 0.717) is 11.7 Å². The highest BCUT2D eigenvalue weighted by atomic mass is 32.1. The van der Waals surface area contributed by atoms with Crippen LogP contribution < -0.4 is 15.2 Å². The van der Waals surface area contributed by atoms with Gasteiger partial charge >= 0.3 is 0 Å². The van der Waals surface area contributed by atoms with Crippen LogP contribution in [0.2, 0.25) is 0 Å². The third-order valence-corrected chi connectivity index (χ3v) is 4.78. The van der Waals surface area contributed by atoms with Crippen molar-refractivity contribution in [1.82, 2.24) is 4.98 Å². The van der Waals surface area contributed by atoms with Gasteiger partial charge in [-0.15, -0.1) is 11.3 Å². The van der Waals surface area contributed by atoms with Gasteiger partial charge < -0.3 is 15.2 Å². The summed E-state index contributed by atoms with van der Waals surface area (Å²) in [4.78, 5) is 4.51. The predicted molar refractivity (Wildman–Crippen MR) is 103 cm³/mol. The summed E-state index contributed by atoms with van der Waals surface area (Å²) < 4.78 is 10.8. The third-order valence-electron chi connectivity index (χ3n) is 4.09. The maximum atomic E-state index is 5.86. The van der Waals surface area contributed by atoms with Crippen molar-refractivity contribution in [2.24, 2.45) is 0 Å². The summed E-state index contributed by atoms with van der Waals surface area (Å²) >= 11 is 1.48. The minimum atomic E-state index is 0.150. The van der Waals surface area contributed by atoms with Crippen LogP contribution in [-0.4, -0.2) is 18.7 Å². The van der Waals surface area contributed by atoms with Gasteiger partial charge in [-0.1, -0.05) is 24.3 Å². The van der Waals surface area contributed by atoms with Gasteiger partial charge in [0.15, 0.2) is 5.13 Å². The molecule has 0 saturated heterocycles. The van der Waals surface area contributed by atoms with Gasteiger partial charge in [0.05, 0.1) is 19.4 Å². The lowest BCUT2D eigenvalue weighted by Crippen LogP contribution is -2.06. The van der Waals surface area contributed by atoms with E-state index in [-0.39, 0.29) is 5.92 Å². The van der Waals surface area contributed by atoms with E-state index in [2.05, 4.69) is 29.2 Å². The summed E-state index contributed by atoms with van der Waals surface area (Å²) in [7, 11) is 1.67. The first-order valence-electron chi connectivity index (χ1n) is 8.26. The van der Waals surface area contributed by atoms with Crippen LogP contribution in [0.15, 0.2) is 53.9 Å². The summed E-state index contributed by atoms with van der Waals surface area (Å²) in [6.45, 7) is 2.66. The van der Waals surface area contributed by atoms with E-state index in [4.69, 9.17) is 15.2 Å². The lowest BCUT2D eigenvalue weighted by atomic mass is 9.89. The number of rotatable bonds is 7. The minimum Gasteiger partial charge on any atom is -0.497 e. The van der Waals surface area contributed by atoms with E-state index in [1.807, 2.05) is 36.6 Å². The van der Waals surface area contributed by atoms with Crippen LogP contribution in [0.3, 0.4) is 0 Å². The zero-order valence-corrected chi connectivity index (χ0v) is 15.3. The van der Waals surface area contributed by atoms with Gasteiger partial charge in [-0.05, 0) is 48.7 Å². The van der Waals surface area contributed by atoms with Crippen molar-refractivity contribution in [2.75, 3.05) is 19.5 Å². The van der Waals surface area contributed by atoms with E-state index < -0.39 is 0 Å². The number of aromatic nitrogens is 1. The Morgan fingerprint density at radius 2 is 1.72 bits per heavy atom. The van der Waals surface area contributed by atoms with Gasteiger partial charge in [-0.25, -0.2) is 4.98 Å². The van der Waals surface area contributed by atoms with Crippen molar-refractivity contribution in [3.8, 4) is 11.5 Å². The number of anilines is 1. The van der Waals surface area contributed by atoms with E-state index in [1.165, 1.54) is 22.5 Å². The van der Waals surface area contributed by atoms with Crippen molar-refractivity contribution in [2.45, 2.75) is 19.3 Å². The molecular formula is C20H22N2O2S. The number of hydrogen-bond donors (Lipinski definition) is 1. The fourth-order valence-corrected chi connectivity index (χ4v) is 3.43. The molecule has 1 atom stereocenters. The largest absolute Gasteiger partial charge is 0.497 e. The second-order valence-electron chi connectivity index (χ2n) is 5.72. The molecule has 3 aromatic rings. The molecular weight excluding hydrogens is 332 g/mol. The van der Waals surface area contributed by atoms with Gasteiger partial charge in [-0.2, -0.15) is 0 Å². The van der Waals surface area contributed by atoms with Crippen LogP contribution in [0, 0.1) is 0 Å². The summed E-state index contributed by atoms with van der Waals surface area (Å²) in [5.74, 6) is 1.89. The molecule has 0 amide bonds. The molecule has 1 aromatic heterocycles. The van der Waals surface area contributed by atoms with Crippen LogP contribution in [0.1, 0.15) is 29.7 Å². The van der Waals surface area contributed by atoms with Crippen molar-refractivity contribution >= 4 is 16.5 Å². The zero-order valence-electron chi connectivity index (χ0n) is 14.4. The fourth-order valence-electron chi connectivity index (χ4n) is 2.81. The van der Waals surface area contributed by atoms with E-state index in [9.17, 15) is 0 Å². The monoisotopic (exact) mass is 354 g/mol. The number of hydrogen-bond acceptors (Lipinski definition) is 5. The first-order valence-corrected chi connectivity index (χ1v) is 9.14. The van der Waals surface area contributed by atoms with E-state index in [1.54, 1.807) is 7.11 Å². The van der Waals surface area contributed by atoms with Crippen molar-refractivity contribution in [1.29, 1.82) is 0 Å². The number of methoxy groups -OCH3 is 1. The number of thiazole rings is 1. The Morgan fingerprint density at radius 3 is 2.28 bits per heavy atom. The maximum absolute atomic E-state index is 5.86. The molecule has 0 aliphatic rings. The number of ether oxygens (including phenoxy) is 2. The standard InChI is InChI=1S/C20H22N2O2S/c1-3-24-17-8-4-14(5-9-17)12-18(19-13-25-20(21)22-19)15-6-10-16(23-2)11-7-15/h4-11,13,18H,3,12H2,1-2H3,(H2,21,22). The highest BCUT2D eigenvalue weighted by Crippen LogP contribution is 2.31. The SMILES string of the molecule is CCOc1ccc(CC(c2ccc(OC)cc2)c2csc(N)n2)cc1. The zero-order chi connectivity index (χ0) is 17.6. The molecule has 0 bridgehead atoms. The Bertz CT molecular complexity index is 797. The van der Waals surface area contributed by atoms with Gasteiger partial charge in [-0.3, -0.25) is 0 Å². The number of nitrogen functional groups attached to an aromatic ring is 1. The van der Waals surface area contributed by atoms with E-state index >= 15 is 0 Å². The average molecular weight is 354 g/mol. The van der Waals surface area contributed by atoms with Gasteiger partial charge in [0.1, 0.15) is 11.5 Å². The number of nitrogens with zero attached hydrogens (tertiary/aromatic N) is 1. The summed E-state index contributed by atoms with van der Waals surface area (Å²) in [6.07, 6.45) is 0.849. The molecule has 130 valence electrons. The van der Waals surface area contributed by atoms with Crippen LogP contribution in [0.5, 0.6) is 11.5 Å². The fraction of sp³-hybridized carbons (Fsp3) is 0.250. The Balaban J connectivity index is 1.88. The Hall–Kier alpha value is -2.53. The van der Waals surface area contributed by atoms with Gasteiger partial charge in [0.25, 0.3) is 0 Å². The molecule has 2 N–H and O–H groups in total. The van der Waals surface area contributed by atoms with Gasteiger partial charge in [0.2, 0.25) is 0 Å². The quantitative estimate of drug-likeness (QED) is 0.678. The predicted octanol–water partition coefficient (Wildman–Crippen LogP) is 4.51. The molecule has 4 nitrogen and oxygen atoms in total. The van der Waals surface area contributed by atoms with Crippen LogP contribution >= 0.6 is 11.3 Å². The Kier molecular flexibility index (Phi) is 5.56. The highest BCUT2D eigenvalue weighted by molar-refractivity contribution is 7.13. The second-order valence-corrected chi connectivity index (χ2v) is 6.61. The highest BCUT2D eigenvalue weighted by Gasteiger charge is 2.18. The second kappa shape index (κ2) is 8.03. The maximum Gasteiger partial charge on any atom is 0.180 e. The molecule has 0 aliphatic heterocycles. The summed E-state index contributed by atoms with van der Waals surface area (Å²) in [5, 5.41) is 2.64. The molecule has 5 heteroatoms. The topological polar surface area (TPSA) is 57.4 Å². The molecule has 0 saturated carbocycles. The molecule has 1 unspecified atom stereocenters. The van der Waals surface area contributed by atoms with Crippen LogP contribution in [0.25, 0.3) is 0 Å². The lowest BCUT2D eigenvalue weighted by molar-refractivity contribution is 0.340. The minimum absolute atomic E-state index is 0.150. The summed E-state index contributed by atoms with van der Waals surface area (Å²) in [6, 6.07) is 16.4. The summed E-state index contributed by atoms with van der Waals surface area (Å²) in [5.41, 5.74) is 9.29. The lowest BCUT2D eigenvalue weighted by Gasteiger charge is -2.16. The Morgan fingerprint density at radius 1 is 1.04 bits per heavy atom. The number of nitrogens with two attached hydrogens (primary N) is 1. The molecule has 25 heavy (non-hydrogen) atoms. The average Bonchev–Trinajstić information content (AvgIpc) is 3.07. The first-order chi connectivity index (χ1) is 12.2. The van der Waals surface area contributed by atoms with E-state index in [0.717, 1.165) is 23.6 Å². The molecule has 0 aliphatic carbocycles.